The van der Waals surface area contributed by atoms with E-state index >= 15 is 0 Å². The van der Waals surface area contributed by atoms with Gasteiger partial charge in [0.1, 0.15) is 11.8 Å². The van der Waals surface area contributed by atoms with Crippen molar-refractivity contribution in [3.05, 3.63) is 52.3 Å². The Morgan fingerprint density at radius 3 is 2.50 bits per heavy atom. The van der Waals surface area contributed by atoms with Gasteiger partial charge in [0, 0.05) is 23.0 Å². The second kappa shape index (κ2) is 8.43. The third-order valence-electron chi connectivity index (χ3n) is 3.77. The molecule has 150 valence electrons. The van der Waals surface area contributed by atoms with Crippen molar-refractivity contribution < 1.29 is 21.9 Å². The molecule has 11 heteroatoms. The van der Waals surface area contributed by atoms with Crippen LogP contribution in [0, 0.1) is 6.92 Å². The highest BCUT2D eigenvalue weighted by molar-refractivity contribution is 7.93. The van der Waals surface area contributed by atoms with Crippen LogP contribution in [0.5, 0.6) is 0 Å². The molecule has 1 unspecified atom stereocenters. The number of hydrogen-bond donors (Lipinski definition) is 0. The fourth-order valence-electron chi connectivity index (χ4n) is 2.63. The molecule has 0 bridgehead atoms. The molecule has 0 aliphatic rings. The number of rotatable bonds is 7. The van der Waals surface area contributed by atoms with Gasteiger partial charge in [-0.2, -0.15) is 0 Å². The van der Waals surface area contributed by atoms with Crippen molar-refractivity contribution in [1.29, 1.82) is 0 Å². The molecule has 1 aromatic heterocycles. The molecule has 3 aromatic rings. The quantitative estimate of drug-likeness (QED) is 0.453. The lowest BCUT2D eigenvalue weighted by Crippen LogP contribution is -2.31. The minimum atomic E-state index is -4.13. The minimum Gasteiger partial charge on any atom is -0.441 e. The molecule has 0 aliphatic heterocycles. The van der Waals surface area contributed by atoms with Crippen LogP contribution < -0.4 is 4.31 Å². The van der Waals surface area contributed by atoms with Gasteiger partial charge in [-0.25, -0.2) is 13.4 Å². The first-order valence-corrected chi connectivity index (χ1v) is 11.9. The second-order valence-corrected chi connectivity index (χ2v) is 9.89. The number of benzene rings is 2. The van der Waals surface area contributed by atoms with Gasteiger partial charge in [0.05, 0.1) is 17.2 Å². The summed E-state index contributed by atoms with van der Waals surface area (Å²) in [5, 5.41) is 0.342. The molecule has 1 atom stereocenters. The predicted molar refractivity (Wildman–Crippen MR) is 110 cm³/mol. The van der Waals surface area contributed by atoms with Crippen LogP contribution in [0.4, 0.5) is 5.69 Å². The van der Waals surface area contributed by atoms with Crippen molar-refractivity contribution in [3.8, 4) is 0 Å². The van der Waals surface area contributed by atoms with Crippen molar-refractivity contribution in [2.24, 2.45) is 0 Å². The zero-order valence-corrected chi connectivity index (χ0v) is 18.3. The van der Waals surface area contributed by atoms with E-state index in [0.717, 1.165) is 4.31 Å². The Kier molecular flexibility index (Phi) is 6.37. The van der Waals surface area contributed by atoms with E-state index in [1.807, 2.05) is 0 Å². The number of oxazole rings is 1. The zero-order valence-electron chi connectivity index (χ0n) is 15.0. The van der Waals surface area contributed by atoms with Crippen LogP contribution >= 0.6 is 31.2 Å². The molecule has 0 N–H and O–H groups in total. The smallest absolute Gasteiger partial charge is 0.264 e. The van der Waals surface area contributed by atoms with Gasteiger partial charge in [-0.3, -0.25) is 8.87 Å². The standard InChI is InChI=1S/C17H17Cl2N2O5PS/c1-3-25-27(22)10-21(14-4-5-16-17(9-14)26-11(2)20-16)28(23,24)15-7-12(18)6-13(19)8-15/h4-9,27H,3,10H2,1-2H3. The summed E-state index contributed by atoms with van der Waals surface area (Å²) in [7, 11) is -6.79. The number of halogens is 2. The summed E-state index contributed by atoms with van der Waals surface area (Å²) in [5.41, 5.74) is 1.26. The molecule has 0 spiro atoms. The summed E-state index contributed by atoms with van der Waals surface area (Å²) < 4.78 is 50.5. The lowest BCUT2D eigenvalue weighted by molar-refractivity contribution is 0.351. The van der Waals surface area contributed by atoms with Crippen LogP contribution in [0.25, 0.3) is 11.1 Å². The Bertz CT molecular complexity index is 1130. The first kappa shape index (κ1) is 21.1. The highest BCUT2D eigenvalue weighted by Crippen LogP contribution is 2.34. The minimum absolute atomic E-state index is 0.120. The number of sulfonamides is 1. The average molecular weight is 463 g/mol. The summed E-state index contributed by atoms with van der Waals surface area (Å²) in [6.07, 6.45) is -0.344. The van der Waals surface area contributed by atoms with E-state index < -0.39 is 18.1 Å². The number of hydrogen-bond acceptors (Lipinski definition) is 6. The van der Waals surface area contributed by atoms with Crippen LogP contribution in [0.15, 0.2) is 45.7 Å². The maximum absolute atomic E-state index is 13.3. The van der Waals surface area contributed by atoms with E-state index in [9.17, 15) is 13.0 Å². The fourth-order valence-corrected chi connectivity index (χ4v) is 6.31. The van der Waals surface area contributed by atoms with Crippen molar-refractivity contribution in [2.45, 2.75) is 18.7 Å². The number of fused-ring (bicyclic) bond motifs is 1. The summed E-state index contributed by atoms with van der Waals surface area (Å²) in [6, 6.07) is 8.72. The van der Waals surface area contributed by atoms with Crippen LogP contribution in [-0.4, -0.2) is 26.3 Å². The van der Waals surface area contributed by atoms with Crippen LogP contribution in [-0.2, 0) is 19.1 Å². The van der Waals surface area contributed by atoms with E-state index in [1.54, 1.807) is 26.0 Å². The Hall–Kier alpha value is -1.57. The topological polar surface area (TPSA) is 89.7 Å². The van der Waals surface area contributed by atoms with Gasteiger partial charge in [0.15, 0.2) is 11.5 Å². The van der Waals surface area contributed by atoms with Crippen molar-refractivity contribution >= 4 is 58.0 Å². The van der Waals surface area contributed by atoms with Gasteiger partial charge in [0.2, 0.25) is 8.03 Å². The summed E-state index contributed by atoms with van der Waals surface area (Å²) in [5.74, 6) is 0.450. The Morgan fingerprint density at radius 1 is 1.18 bits per heavy atom. The SMILES string of the molecule is CCO[PH](=O)CN(c1ccc2nc(C)oc2c1)S(=O)(=O)c1cc(Cl)cc(Cl)c1. The van der Waals surface area contributed by atoms with E-state index in [1.165, 1.54) is 24.3 Å². The van der Waals surface area contributed by atoms with E-state index in [-0.39, 0.29) is 33.5 Å². The number of nitrogens with zero attached hydrogens (tertiary/aromatic N) is 2. The summed E-state index contributed by atoms with van der Waals surface area (Å²) in [6.45, 7) is 3.58. The van der Waals surface area contributed by atoms with Crippen LogP contribution in [0.3, 0.4) is 0 Å². The lowest BCUT2D eigenvalue weighted by atomic mass is 10.3. The molecule has 0 saturated heterocycles. The molecule has 0 radical (unpaired) electrons. The van der Waals surface area contributed by atoms with E-state index in [0.29, 0.717) is 17.0 Å². The molecule has 0 aliphatic carbocycles. The van der Waals surface area contributed by atoms with Crippen molar-refractivity contribution in [2.75, 3.05) is 17.2 Å². The molecule has 0 saturated carbocycles. The van der Waals surface area contributed by atoms with Gasteiger partial charge in [-0.1, -0.05) is 23.2 Å². The number of aryl methyl sites for hydroxylation is 1. The molecule has 1 heterocycles. The second-order valence-electron chi connectivity index (χ2n) is 5.81. The highest BCUT2D eigenvalue weighted by atomic mass is 35.5. The molecular weight excluding hydrogens is 446 g/mol. The number of aromatic nitrogens is 1. The monoisotopic (exact) mass is 462 g/mol. The maximum atomic E-state index is 13.3. The molecule has 28 heavy (non-hydrogen) atoms. The van der Waals surface area contributed by atoms with Gasteiger partial charge in [0.25, 0.3) is 10.0 Å². The first-order valence-electron chi connectivity index (χ1n) is 8.22. The molecular formula is C17H17Cl2N2O5PS. The Labute approximate surface area is 173 Å². The van der Waals surface area contributed by atoms with Crippen LogP contribution in [0.1, 0.15) is 12.8 Å². The van der Waals surface area contributed by atoms with Gasteiger partial charge >= 0.3 is 0 Å². The normalized spacial score (nSPS) is 13.0. The third-order valence-corrected chi connectivity index (χ3v) is 7.37. The number of anilines is 1. The maximum Gasteiger partial charge on any atom is 0.264 e. The first-order chi connectivity index (χ1) is 13.2. The lowest BCUT2D eigenvalue weighted by Gasteiger charge is -2.24. The zero-order chi connectivity index (χ0) is 20.5. The molecule has 3 rings (SSSR count). The highest BCUT2D eigenvalue weighted by Gasteiger charge is 2.28. The Balaban J connectivity index is 2.12. The van der Waals surface area contributed by atoms with Crippen molar-refractivity contribution in [1.82, 2.24) is 4.98 Å². The van der Waals surface area contributed by atoms with Gasteiger partial charge < -0.3 is 8.94 Å². The van der Waals surface area contributed by atoms with E-state index in [4.69, 9.17) is 32.1 Å². The van der Waals surface area contributed by atoms with Gasteiger partial charge in [-0.05, 0) is 37.3 Å². The summed E-state index contributed by atoms with van der Waals surface area (Å²) >= 11 is 11.9. The molecule has 2 aromatic carbocycles. The van der Waals surface area contributed by atoms with Crippen LogP contribution in [0.2, 0.25) is 10.0 Å². The van der Waals surface area contributed by atoms with Crippen molar-refractivity contribution in [3.63, 3.8) is 0 Å². The molecule has 7 nitrogen and oxygen atoms in total. The molecule has 0 fully saturated rings. The predicted octanol–water partition coefficient (Wildman–Crippen LogP) is 5.11. The average Bonchev–Trinajstić information content (AvgIpc) is 2.98. The van der Waals surface area contributed by atoms with Gasteiger partial charge in [-0.15, -0.1) is 0 Å². The fraction of sp³-hybridized carbons (Fsp3) is 0.235. The largest absolute Gasteiger partial charge is 0.441 e. The van der Waals surface area contributed by atoms with E-state index in [2.05, 4.69) is 4.98 Å². The Morgan fingerprint density at radius 2 is 1.86 bits per heavy atom. The third kappa shape index (κ3) is 4.53. The molecule has 0 amide bonds. The summed E-state index contributed by atoms with van der Waals surface area (Å²) in [4.78, 5) is 4.08.